The molecule has 0 rings (SSSR count). The highest BCUT2D eigenvalue weighted by Crippen LogP contribution is 2.16. The molecule has 0 aromatic carbocycles. The van der Waals surface area contributed by atoms with Crippen LogP contribution in [0.5, 0.6) is 0 Å². The predicted molar refractivity (Wildman–Crippen MR) is 105 cm³/mol. The van der Waals surface area contributed by atoms with Crippen molar-refractivity contribution in [3.8, 4) is 0 Å². The van der Waals surface area contributed by atoms with E-state index in [1.54, 1.807) is 0 Å². The summed E-state index contributed by atoms with van der Waals surface area (Å²) in [7, 11) is 0. The Kier molecular flexibility index (Phi) is 16.6. The zero-order valence-electron chi connectivity index (χ0n) is 15.6. The average molecular weight is 333 g/mol. The molecule has 2 nitrogen and oxygen atoms in total. The Hall–Kier alpha value is -1.57. The Morgan fingerprint density at radius 3 is 1.79 bits per heavy atom. The van der Waals surface area contributed by atoms with Gasteiger partial charge in [0.15, 0.2) is 0 Å². The van der Waals surface area contributed by atoms with Gasteiger partial charge in [-0.15, -0.1) is 0 Å². The van der Waals surface area contributed by atoms with Crippen molar-refractivity contribution in [3.63, 3.8) is 0 Å². The zero-order valence-corrected chi connectivity index (χ0v) is 15.6. The lowest BCUT2D eigenvalue weighted by atomic mass is 9.96. The molecule has 0 radical (unpaired) electrons. The van der Waals surface area contributed by atoms with Crippen LogP contribution < -0.4 is 0 Å². The summed E-state index contributed by atoms with van der Waals surface area (Å²) in [5.41, 5.74) is 0. The van der Waals surface area contributed by atoms with Crippen molar-refractivity contribution in [2.45, 2.75) is 78.1 Å². The number of aliphatic carboxylic acids is 1. The molecule has 0 amide bonds. The number of hydrogen-bond acceptors (Lipinski definition) is 1. The summed E-state index contributed by atoms with van der Waals surface area (Å²) in [5.74, 6) is -0.786. The van der Waals surface area contributed by atoms with E-state index in [-0.39, 0.29) is 5.92 Å². The van der Waals surface area contributed by atoms with Crippen LogP contribution in [0.1, 0.15) is 78.1 Å². The van der Waals surface area contributed by atoms with Crippen LogP contribution in [0, 0.1) is 5.92 Å². The molecule has 2 heteroatoms. The molecular weight excluding hydrogens is 296 g/mol. The maximum atomic E-state index is 11.1. The van der Waals surface area contributed by atoms with Gasteiger partial charge in [-0.1, -0.05) is 75.3 Å². The summed E-state index contributed by atoms with van der Waals surface area (Å²) in [6, 6.07) is 0. The number of carboxylic acids is 1. The SMILES string of the molecule is CCC=CCC=CCC=CCC=CCCCC(CCCC)C(=O)O. The molecule has 0 aromatic heterocycles. The number of carboxylic acid groups (broad SMARTS) is 1. The fraction of sp³-hybridized carbons (Fsp3) is 0.591. The van der Waals surface area contributed by atoms with Gasteiger partial charge in [0.05, 0.1) is 5.92 Å². The highest BCUT2D eigenvalue weighted by molar-refractivity contribution is 5.69. The van der Waals surface area contributed by atoms with Crippen LogP contribution >= 0.6 is 0 Å². The minimum absolute atomic E-state index is 0.155. The van der Waals surface area contributed by atoms with E-state index in [1.807, 2.05) is 0 Å². The minimum atomic E-state index is -0.631. The smallest absolute Gasteiger partial charge is 0.306 e. The van der Waals surface area contributed by atoms with Crippen molar-refractivity contribution in [3.05, 3.63) is 48.6 Å². The molecule has 1 atom stereocenters. The Balaban J connectivity index is 3.65. The lowest BCUT2D eigenvalue weighted by Crippen LogP contribution is -2.13. The first-order valence-corrected chi connectivity index (χ1v) is 9.55. The van der Waals surface area contributed by atoms with Crippen LogP contribution in [-0.4, -0.2) is 11.1 Å². The van der Waals surface area contributed by atoms with E-state index in [9.17, 15) is 4.79 Å². The van der Waals surface area contributed by atoms with Crippen LogP contribution in [0.3, 0.4) is 0 Å². The standard InChI is InChI=1S/C22H36O2/c1-3-5-7-8-9-10-11-12-13-14-15-16-17-18-20-21(22(23)24)19-6-4-2/h5,7,9-10,12-13,15-16,21H,3-4,6,8,11,14,17-20H2,1-2H3,(H,23,24). The molecule has 0 aliphatic heterocycles. The van der Waals surface area contributed by atoms with Gasteiger partial charge < -0.3 is 5.11 Å². The third-order valence-electron chi connectivity index (χ3n) is 3.90. The summed E-state index contributed by atoms with van der Waals surface area (Å²) in [6.45, 7) is 4.25. The number of unbranched alkanes of at least 4 members (excludes halogenated alkanes) is 2. The average Bonchev–Trinajstić information content (AvgIpc) is 2.57. The summed E-state index contributed by atoms with van der Waals surface area (Å²) in [5, 5.41) is 9.17. The molecule has 0 aliphatic rings. The second-order valence-electron chi connectivity index (χ2n) is 6.11. The fourth-order valence-corrected chi connectivity index (χ4v) is 2.42. The Morgan fingerprint density at radius 2 is 1.29 bits per heavy atom. The monoisotopic (exact) mass is 332 g/mol. The van der Waals surface area contributed by atoms with Crippen LogP contribution in [0.2, 0.25) is 0 Å². The molecule has 136 valence electrons. The quantitative estimate of drug-likeness (QED) is 0.263. The van der Waals surface area contributed by atoms with E-state index in [4.69, 9.17) is 5.11 Å². The summed E-state index contributed by atoms with van der Waals surface area (Å²) >= 11 is 0. The lowest BCUT2D eigenvalue weighted by Gasteiger charge is -2.10. The van der Waals surface area contributed by atoms with Gasteiger partial charge in [-0.25, -0.2) is 0 Å². The van der Waals surface area contributed by atoms with Crippen LogP contribution in [0.4, 0.5) is 0 Å². The van der Waals surface area contributed by atoms with E-state index in [0.717, 1.165) is 64.2 Å². The summed E-state index contributed by atoms with van der Waals surface area (Å²) in [6.07, 6.45) is 27.2. The summed E-state index contributed by atoms with van der Waals surface area (Å²) < 4.78 is 0. The Bertz CT molecular complexity index is 402. The second kappa shape index (κ2) is 17.8. The first-order chi connectivity index (χ1) is 11.7. The van der Waals surface area contributed by atoms with Gasteiger partial charge in [-0.2, -0.15) is 0 Å². The molecule has 1 unspecified atom stereocenters. The summed E-state index contributed by atoms with van der Waals surface area (Å²) in [4.78, 5) is 11.1. The van der Waals surface area contributed by atoms with Crippen LogP contribution in [-0.2, 0) is 4.79 Å². The number of allylic oxidation sites excluding steroid dienone is 8. The normalized spacial score (nSPS) is 13.8. The third-order valence-corrected chi connectivity index (χ3v) is 3.90. The van der Waals surface area contributed by atoms with Gasteiger partial charge in [0.1, 0.15) is 0 Å². The molecule has 0 heterocycles. The molecular formula is C22H36O2. The van der Waals surface area contributed by atoms with Gasteiger partial charge in [0.2, 0.25) is 0 Å². The number of carbonyl (C=O) groups is 1. The lowest BCUT2D eigenvalue weighted by molar-refractivity contribution is -0.142. The highest BCUT2D eigenvalue weighted by atomic mass is 16.4. The second-order valence-corrected chi connectivity index (χ2v) is 6.11. The van der Waals surface area contributed by atoms with Gasteiger partial charge in [0, 0.05) is 0 Å². The molecule has 0 saturated carbocycles. The molecule has 0 aromatic rings. The van der Waals surface area contributed by atoms with Crippen molar-refractivity contribution >= 4 is 5.97 Å². The van der Waals surface area contributed by atoms with Crippen molar-refractivity contribution in [2.75, 3.05) is 0 Å². The van der Waals surface area contributed by atoms with Crippen molar-refractivity contribution in [1.82, 2.24) is 0 Å². The number of rotatable bonds is 15. The molecule has 0 spiro atoms. The first-order valence-electron chi connectivity index (χ1n) is 9.55. The molecule has 1 N–H and O–H groups in total. The predicted octanol–water partition coefficient (Wildman–Crippen LogP) is 6.85. The molecule has 0 aliphatic carbocycles. The van der Waals surface area contributed by atoms with Crippen molar-refractivity contribution < 1.29 is 9.90 Å². The van der Waals surface area contributed by atoms with E-state index in [1.165, 1.54) is 0 Å². The molecule has 0 bridgehead atoms. The third kappa shape index (κ3) is 15.3. The van der Waals surface area contributed by atoms with E-state index < -0.39 is 5.97 Å². The number of hydrogen-bond donors (Lipinski definition) is 1. The molecule has 24 heavy (non-hydrogen) atoms. The van der Waals surface area contributed by atoms with Gasteiger partial charge in [-0.3, -0.25) is 4.79 Å². The zero-order chi connectivity index (χ0) is 17.9. The molecule has 0 fully saturated rings. The van der Waals surface area contributed by atoms with Crippen LogP contribution in [0.15, 0.2) is 48.6 Å². The van der Waals surface area contributed by atoms with E-state index >= 15 is 0 Å². The maximum absolute atomic E-state index is 11.1. The topological polar surface area (TPSA) is 37.3 Å². The van der Waals surface area contributed by atoms with Gasteiger partial charge in [-0.05, 0) is 51.4 Å². The Labute approximate surface area is 149 Å². The maximum Gasteiger partial charge on any atom is 0.306 e. The largest absolute Gasteiger partial charge is 0.481 e. The van der Waals surface area contributed by atoms with E-state index in [0.29, 0.717) is 0 Å². The van der Waals surface area contributed by atoms with Gasteiger partial charge >= 0.3 is 5.97 Å². The van der Waals surface area contributed by atoms with Gasteiger partial charge in [0.25, 0.3) is 0 Å². The van der Waals surface area contributed by atoms with Crippen molar-refractivity contribution in [2.24, 2.45) is 5.92 Å². The fourth-order valence-electron chi connectivity index (χ4n) is 2.42. The highest BCUT2D eigenvalue weighted by Gasteiger charge is 2.15. The minimum Gasteiger partial charge on any atom is -0.481 e. The first kappa shape index (κ1) is 22.4. The van der Waals surface area contributed by atoms with Crippen LogP contribution in [0.25, 0.3) is 0 Å². The molecule has 0 saturated heterocycles. The van der Waals surface area contributed by atoms with Crippen molar-refractivity contribution in [1.29, 1.82) is 0 Å². The Morgan fingerprint density at radius 1 is 0.792 bits per heavy atom. The van der Waals surface area contributed by atoms with E-state index in [2.05, 4.69) is 62.5 Å².